The Balaban J connectivity index is 3.01. The van der Waals surface area contributed by atoms with Gasteiger partial charge in [0.2, 0.25) is 0 Å². The number of aromatic hydroxyl groups is 2. The molecule has 0 aliphatic rings. The van der Waals surface area contributed by atoms with Crippen molar-refractivity contribution < 1.29 is 20.4 Å². The third kappa shape index (κ3) is 3.09. The van der Waals surface area contributed by atoms with Gasteiger partial charge in [-0.2, -0.15) is 0 Å². The molecule has 4 nitrogen and oxygen atoms in total. The van der Waals surface area contributed by atoms with E-state index in [4.69, 9.17) is 5.11 Å². The fourth-order valence-corrected chi connectivity index (χ4v) is 1.17. The normalized spacial score (nSPS) is 11.9. The number of aliphatic hydroxyl groups is 2. The summed E-state index contributed by atoms with van der Waals surface area (Å²) < 4.78 is 0. The zero-order valence-electron chi connectivity index (χ0n) is 8.46. The number of aliphatic hydroxyl groups excluding tert-OH is 2. The zero-order valence-corrected chi connectivity index (χ0v) is 8.46. The summed E-state index contributed by atoms with van der Waals surface area (Å²) in [7, 11) is 0. The van der Waals surface area contributed by atoms with Gasteiger partial charge in [0.15, 0.2) is 0 Å². The van der Waals surface area contributed by atoms with Crippen molar-refractivity contribution in [2.75, 3.05) is 0 Å². The highest BCUT2D eigenvalue weighted by Crippen LogP contribution is 2.25. The first-order chi connectivity index (χ1) is 7.52. The van der Waals surface area contributed by atoms with Crippen LogP contribution in [0.3, 0.4) is 0 Å². The minimum absolute atomic E-state index is 0.0956. The average Bonchev–Trinajstić information content (AvgIpc) is 2.16. The summed E-state index contributed by atoms with van der Waals surface area (Å²) in [4.78, 5) is 0. The Labute approximate surface area is 92.7 Å². The fourth-order valence-electron chi connectivity index (χ4n) is 1.17. The molecule has 0 fully saturated rings. The van der Waals surface area contributed by atoms with E-state index in [9.17, 15) is 15.3 Å². The highest BCUT2D eigenvalue weighted by molar-refractivity contribution is 5.74. The average molecular weight is 220 g/mol. The van der Waals surface area contributed by atoms with Crippen LogP contribution in [-0.2, 0) is 0 Å². The lowest BCUT2D eigenvalue weighted by atomic mass is 10.1. The largest absolute Gasteiger partial charge is 0.515 e. The van der Waals surface area contributed by atoms with Crippen molar-refractivity contribution in [3.8, 4) is 11.5 Å². The predicted octanol–water partition coefficient (Wildman–Crippen LogP) is 2.62. The molecule has 1 aromatic carbocycles. The van der Waals surface area contributed by atoms with Crippen molar-refractivity contribution in [2.45, 2.75) is 0 Å². The summed E-state index contributed by atoms with van der Waals surface area (Å²) in [6, 6.07) is 3.98. The van der Waals surface area contributed by atoms with Gasteiger partial charge < -0.3 is 20.4 Å². The molecule has 1 aromatic rings. The van der Waals surface area contributed by atoms with Crippen molar-refractivity contribution in [1.82, 2.24) is 0 Å². The number of hydrogen-bond acceptors (Lipinski definition) is 4. The molecule has 84 valence electrons. The van der Waals surface area contributed by atoms with Gasteiger partial charge in [-0.3, -0.25) is 0 Å². The zero-order chi connectivity index (χ0) is 12.1. The van der Waals surface area contributed by atoms with Crippen LogP contribution in [0.1, 0.15) is 5.56 Å². The predicted molar refractivity (Wildman–Crippen MR) is 61.3 cm³/mol. The van der Waals surface area contributed by atoms with Gasteiger partial charge in [-0.15, -0.1) is 0 Å². The molecule has 0 saturated heterocycles. The molecule has 0 amide bonds. The van der Waals surface area contributed by atoms with E-state index in [0.717, 1.165) is 6.08 Å². The van der Waals surface area contributed by atoms with Crippen LogP contribution in [0.5, 0.6) is 11.5 Å². The summed E-state index contributed by atoms with van der Waals surface area (Å²) in [6.07, 6.45) is 3.06. The van der Waals surface area contributed by atoms with Gasteiger partial charge in [-0.25, -0.2) is 0 Å². The van der Waals surface area contributed by atoms with Gasteiger partial charge in [0.05, 0.1) is 6.26 Å². The number of hydrogen-bond donors (Lipinski definition) is 4. The standard InChI is InChI=1S/C12H12O4/c1-8(4-10(14)2-3-13)9-5-11(15)7-12(16)6-9/h2-7,13-16H,1H2/b3-2+,10-4+. The van der Waals surface area contributed by atoms with Crippen LogP contribution >= 0.6 is 0 Å². The van der Waals surface area contributed by atoms with Crippen molar-refractivity contribution in [3.63, 3.8) is 0 Å². The van der Waals surface area contributed by atoms with Crippen LogP contribution in [0, 0.1) is 0 Å². The number of allylic oxidation sites excluding steroid dienone is 3. The van der Waals surface area contributed by atoms with Gasteiger partial charge in [0.1, 0.15) is 17.3 Å². The van der Waals surface area contributed by atoms with Crippen molar-refractivity contribution in [3.05, 3.63) is 54.5 Å². The maximum Gasteiger partial charge on any atom is 0.119 e. The van der Waals surface area contributed by atoms with Gasteiger partial charge in [-0.05, 0) is 29.3 Å². The Hall–Kier alpha value is -2.36. The molecule has 0 spiro atoms. The van der Waals surface area contributed by atoms with Gasteiger partial charge in [0.25, 0.3) is 0 Å². The van der Waals surface area contributed by atoms with Gasteiger partial charge in [-0.1, -0.05) is 6.58 Å². The van der Waals surface area contributed by atoms with Crippen LogP contribution in [-0.4, -0.2) is 20.4 Å². The third-order valence-electron chi connectivity index (χ3n) is 1.84. The van der Waals surface area contributed by atoms with Crippen LogP contribution < -0.4 is 0 Å². The third-order valence-corrected chi connectivity index (χ3v) is 1.84. The van der Waals surface area contributed by atoms with Crippen LogP contribution in [0.4, 0.5) is 0 Å². The molecule has 16 heavy (non-hydrogen) atoms. The summed E-state index contributed by atoms with van der Waals surface area (Å²) in [5, 5.41) is 36.1. The first-order valence-corrected chi connectivity index (χ1v) is 4.46. The molecule has 0 bridgehead atoms. The molecule has 0 radical (unpaired) electrons. The first-order valence-electron chi connectivity index (χ1n) is 4.46. The number of phenols is 2. The highest BCUT2D eigenvalue weighted by Gasteiger charge is 2.01. The number of phenolic OH excluding ortho intramolecular Hbond substituents is 2. The van der Waals surface area contributed by atoms with E-state index in [0.29, 0.717) is 17.4 Å². The molecule has 0 aliphatic carbocycles. The van der Waals surface area contributed by atoms with E-state index < -0.39 is 0 Å². The molecule has 0 unspecified atom stereocenters. The molecular weight excluding hydrogens is 208 g/mol. The van der Waals surface area contributed by atoms with E-state index in [1.54, 1.807) is 0 Å². The SMILES string of the molecule is C=C(/C=C(O)\C=C\O)c1cc(O)cc(O)c1. The topological polar surface area (TPSA) is 80.9 Å². The molecule has 4 N–H and O–H groups in total. The maximum atomic E-state index is 9.25. The summed E-state index contributed by atoms with van der Waals surface area (Å²) >= 11 is 0. The lowest BCUT2D eigenvalue weighted by molar-refractivity contribution is 0.421. The first kappa shape index (κ1) is 11.7. The highest BCUT2D eigenvalue weighted by atomic mass is 16.3. The van der Waals surface area contributed by atoms with Crippen molar-refractivity contribution in [2.24, 2.45) is 0 Å². The second-order valence-electron chi connectivity index (χ2n) is 3.15. The Bertz CT molecular complexity index is 438. The van der Waals surface area contributed by atoms with Crippen LogP contribution in [0.15, 0.2) is 49.0 Å². The molecule has 0 heterocycles. The Kier molecular flexibility index (Phi) is 3.61. The van der Waals surface area contributed by atoms with E-state index in [1.165, 1.54) is 24.3 Å². The van der Waals surface area contributed by atoms with Gasteiger partial charge >= 0.3 is 0 Å². The molecule has 0 aliphatic heterocycles. The maximum absolute atomic E-state index is 9.25. The summed E-state index contributed by atoms with van der Waals surface area (Å²) in [6.45, 7) is 3.66. The van der Waals surface area contributed by atoms with Crippen molar-refractivity contribution in [1.29, 1.82) is 0 Å². The lowest BCUT2D eigenvalue weighted by Gasteiger charge is -2.03. The molecule has 0 atom stereocenters. The fraction of sp³-hybridized carbons (Fsp3) is 0. The minimum Gasteiger partial charge on any atom is -0.515 e. The van der Waals surface area contributed by atoms with Crippen LogP contribution in [0.25, 0.3) is 5.57 Å². The molecule has 0 saturated carbocycles. The Morgan fingerprint density at radius 2 is 1.69 bits per heavy atom. The Morgan fingerprint density at radius 3 is 2.19 bits per heavy atom. The second kappa shape index (κ2) is 4.93. The molecule has 1 rings (SSSR count). The van der Waals surface area contributed by atoms with E-state index >= 15 is 0 Å². The van der Waals surface area contributed by atoms with Gasteiger partial charge in [0, 0.05) is 12.1 Å². The van der Waals surface area contributed by atoms with E-state index in [2.05, 4.69) is 6.58 Å². The molecule has 4 heteroatoms. The smallest absolute Gasteiger partial charge is 0.119 e. The van der Waals surface area contributed by atoms with E-state index in [-0.39, 0.29) is 17.3 Å². The van der Waals surface area contributed by atoms with Crippen LogP contribution in [0.2, 0.25) is 0 Å². The Morgan fingerprint density at radius 1 is 1.12 bits per heavy atom. The second-order valence-corrected chi connectivity index (χ2v) is 3.15. The number of rotatable bonds is 3. The summed E-state index contributed by atoms with van der Waals surface area (Å²) in [5.41, 5.74) is 0.859. The summed E-state index contributed by atoms with van der Waals surface area (Å²) in [5.74, 6) is -0.376. The van der Waals surface area contributed by atoms with E-state index in [1.807, 2.05) is 0 Å². The number of benzene rings is 1. The quantitative estimate of drug-likeness (QED) is 0.466. The van der Waals surface area contributed by atoms with Crippen molar-refractivity contribution >= 4 is 5.57 Å². The monoisotopic (exact) mass is 220 g/mol. The molecule has 0 aromatic heterocycles. The lowest BCUT2D eigenvalue weighted by Crippen LogP contribution is -1.82. The molecular formula is C12H12O4. The minimum atomic E-state index is -0.185.